The Hall–Kier alpha value is -3.25. The number of carbonyl (C=O) groups excluding carboxylic acids is 1. The van der Waals surface area contributed by atoms with Crippen molar-refractivity contribution in [1.82, 2.24) is 9.80 Å². The number of likely N-dealkylation sites (N-methyl/N-ethyl adjacent to an activating group) is 1. The van der Waals surface area contributed by atoms with Gasteiger partial charge in [0.2, 0.25) is 5.91 Å². The first-order chi connectivity index (χ1) is 15.1. The lowest BCUT2D eigenvalue weighted by molar-refractivity contribution is -0.132. The normalized spacial score (nSPS) is 15.9. The van der Waals surface area contributed by atoms with E-state index in [0.29, 0.717) is 18.8 Å². The second kappa shape index (κ2) is 9.27. The van der Waals surface area contributed by atoms with Crippen LogP contribution < -0.4 is 9.47 Å². The highest BCUT2D eigenvalue weighted by atomic mass is 16.5. The van der Waals surface area contributed by atoms with Gasteiger partial charge < -0.3 is 18.8 Å². The van der Waals surface area contributed by atoms with Gasteiger partial charge >= 0.3 is 0 Å². The molecule has 0 radical (unpaired) electrons. The Morgan fingerprint density at radius 2 is 1.84 bits per heavy atom. The SMILES string of the molecule is COc1cc2c(cc1OC)C(c1ccccc1)N(CC(=O)N(C)Cc1ccco1)CC2. The van der Waals surface area contributed by atoms with Gasteiger partial charge in [-0.25, -0.2) is 0 Å². The summed E-state index contributed by atoms with van der Waals surface area (Å²) in [5, 5.41) is 0. The van der Waals surface area contributed by atoms with Gasteiger partial charge in [0.25, 0.3) is 0 Å². The predicted octanol–water partition coefficient (Wildman–Crippen LogP) is 3.90. The first kappa shape index (κ1) is 21.0. The van der Waals surface area contributed by atoms with Crippen LogP contribution in [0, 0.1) is 0 Å². The summed E-state index contributed by atoms with van der Waals surface area (Å²) in [4.78, 5) is 17.0. The van der Waals surface area contributed by atoms with Crippen LogP contribution in [0.2, 0.25) is 0 Å². The highest BCUT2D eigenvalue weighted by Gasteiger charge is 2.32. The van der Waals surface area contributed by atoms with Crippen LogP contribution in [0.5, 0.6) is 11.5 Å². The van der Waals surface area contributed by atoms with E-state index < -0.39 is 0 Å². The summed E-state index contributed by atoms with van der Waals surface area (Å²) in [5.74, 6) is 2.26. The van der Waals surface area contributed by atoms with Crippen molar-refractivity contribution in [3.8, 4) is 11.5 Å². The van der Waals surface area contributed by atoms with E-state index in [2.05, 4.69) is 29.2 Å². The van der Waals surface area contributed by atoms with Gasteiger partial charge in [0.1, 0.15) is 5.76 Å². The Morgan fingerprint density at radius 3 is 2.52 bits per heavy atom. The Kier molecular flexibility index (Phi) is 6.28. The van der Waals surface area contributed by atoms with Crippen molar-refractivity contribution < 1.29 is 18.7 Å². The maximum absolute atomic E-state index is 13.0. The number of ether oxygens (including phenoxy) is 2. The second-order valence-corrected chi connectivity index (χ2v) is 7.77. The molecule has 0 saturated heterocycles. The maximum Gasteiger partial charge on any atom is 0.236 e. The number of carbonyl (C=O) groups is 1. The highest BCUT2D eigenvalue weighted by molar-refractivity contribution is 5.78. The number of rotatable bonds is 7. The molecule has 3 aromatic rings. The molecule has 1 aliphatic heterocycles. The number of benzene rings is 2. The zero-order valence-corrected chi connectivity index (χ0v) is 18.2. The van der Waals surface area contributed by atoms with E-state index >= 15 is 0 Å². The van der Waals surface area contributed by atoms with Crippen LogP contribution in [0.15, 0.2) is 65.3 Å². The second-order valence-electron chi connectivity index (χ2n) is 7.77. The highest BCUT2D eigenvalue weighted by Crippen LogP contribution is 2.40. The molecule has 1 amide bonds. The number of amides is 1. The van der Waals surface area contributed by atoms with E-state index in [-0.39, 0.29) is 11.9 Å². The van der Waals surface area contributed by atoms with E-state index in [1.54, 1.807) is 25.4 Å². The molecular weight excluding hydrogens is 392 g/mol. The molecule has 1 aliphatic rings. The maximum atomic E-state index is 13.0. The van der Waals surface area contributed by atoms with Crippen LogP contribution in [-0.2, 0) is 17.8 Å². The Labute approximate surface area is 183 Å². The Balaban J connectivity index is 1.64. The van der Waals surface area contributed by atoms with E-state index in [1.807, 2.05) is 37.4 Å². The summed E-state index contributed by atoms with van der Waals surface area (Å²) in [5.41, 5.74) is 3.52. The minimum Gasteiger partial charge on any atom is -0.493 e. The molecule has 0 spiro atoms. The summed E-state index contributed by atoms with van der Waals surface area (Å²) < 4.78 is 16.5. The summed E-state index contributed by atoms with van der Waals surface area (Å²) in [6.07, 6.45) is 2.47. The summed E-state index contributed by atoms with van der Waals surface area (Å²) in [6.45, 7) is 1.56. The summed E-state index contributed by atoms with van der Waals surface area (Å²) in [7, 11) is 5.12. The minimum absolute atomic E-state index is 0.0364. The third-order valence-corrected chi connectivity index (χ3v) is 5.83. The van der Waals surface area contributed by atoms with Gasteiger partial charge in [-0.3, -0.25) is 9.69 Å². The fraction of sp³-hybridized carbons (Fsp3) is 0.320. The fourth-order valence-electron chi connectivity index (χ4n) is 4.21. The average Bonchev–Trinajstić information content (AvgIpc) is 3.31. The molecule has 0 N–H and O–H groups in total. The number of hydrogen-bond acceptors (Lipinski definition) is 5. The van der Waals surface area contributed by atoms with Crippen molar-refractivity contribution in [2.45, 2.75) is 19.0 Å². The zero-order valence-electron chi connectivity index (χ0n) is 18.2. The molecule has 1 aromatic heterocycles. The summed E-state index contributed by atoms with van der Waals surface area (Å²) in [6, 6.07) is 18.1. The van der Waals surface area contributed by atoms with Crippen LogP contribution in [0.4, 0.5) is 0 Å². The molecule has 4 rings (SSSR count). The summed E-state index contributed by atoms with van der Waals surface area (Å²) >= 11 is 0. The quantitative estimate of drug-likeness (QED) is 0.580. The first-order valence-corrected chi connectivity index (χ1v) is 10.4. The van der Waals surface area contributed by atoms with E-state index in [4.69, 9.17) is 13.9 Å². The smallest absolute Gasteiger partial charge is 0.236 e. The third-order valence-electron chi connectivity index (χ3n) is 5.83. The number of nitrogens with zero attached hydrogens (tertiary/aromatic N) is 2. The predicted molar refractivity (Wildman–Crippen MR) is 118 cm³/mol. The molecule has 31 heavy (non-hydrogen) atoms. The van der Waals surface area contributed by atoms with Crippen LogP contribution in [-0.4, -0.2) is 50.1 Å². The lowest BCUT2D eigenvalue weighted by Crippen LogP contribution is -2.43. The zero-order chi connectivity index (χ0) is 21.8. The molecule has 2 aromatic carbocycles. The average molecular weight is 421 g/mol. The standard InChI is InChI=1S/C25H28N2O4/c1-26(16-20-10-7-13-31-20)24(28)17-27-12-11-19-14-22(29-2)23(30-3)15-21(19)25(27)18-8-5-4-6-9-18/h4-10,13-15,25H,11-12,16-17H2,1-3H3. The van der Waals surface area contributed by atoms with Gasteiger partial charge in [0, 0.05) is 13.6 Å². The van der Waals surface area contributed by atoms with E-state index in [1.165, 1.54) is 5.56 Å². The molecule has 6 nitrogen and oxygen atoms in total. The van der Waals surface area contributed by atoms with Gasteiger partial charge in [-0.05, 0) is 47.4 Å². The fourth-order valence-corrected chi connectivity index (χ4v) is 4.21. The largest absolute Gasteiger partial charge is 0.493 e. The molecule has 2 heterocycles. The molecule has 1 atom stereocenters. The van der Waals surface area contributed by atoms with Crippen LogP contribution in [0.3, 0.4) is 0 Å². The molecular formula is C25H28N2O4. The topological polar surface area (TPSA) is 55.2 Å². The number of furan rings is 1. The van der Waals surface area contributed by atoms with Crippen molar-refractivity contribution >= 4 is 5.91 Å². The molecule has 0 bridgehead atoms. The number of fused-ring (bicyclic) bond motifs is 1. The molecule has 0 fully saturated rings. The lowest BCUT2D eigenvalue weighted by atomic mass is 9.87. The Morgan fingerprint density at radius 1 is 1.10 bits per heavy atom. The van der Waals surface area contributed by atoms with Crippen molar-refractivity contribution in [3.63, 3.8) is 0 Å². The molecule has 0 saturated carbocycles. The van der Waals surface area contributed by atoms with Crippen molar-refractivity contribution in [3.05, 3.63) is 83.3 Å². The first-order valence-electron chi connectivity index (χ1n) is 10.4. The lowest BCUT2D eigenvalue weighted by Gasteiger charge is -2.38. The van der Waals surface area contributed by atoms with Gasteiger partial charge in [0.05, 0.1) is 39.6 Å². The number of hydrogen-bond donors (Lipinski definition) is 0. The molecule has 6 heteroatoms. The molecule has 0 aliphatic carbocycles. The van der Waals surface area contributed by atoms with E-state index in [9.17, 15) is 4.79 Å². The van der Waals surface area contributed by atoms with Gasteiger partial charge in [-0.15, -0.1) is 0 Å². The van der Waals surface area contributed by atoms with Crippen molar-refractivity contribution in [1.29, 1.82) is 0 Å². The Bertz CT molecular complexity index is 1020. The van der Waals surface area contributed by atoms with E-state index in [0.717, 1.165) is 35.6 Å². The van der Waals surface area contributed by atoms with Gasteiger partial charge in [0.15, 0.2) is 11.5 Å². The van der Waals surface area contributed by atoms with Gasteiger partial charge in [-0.1, -0.05) is 30.3 Å². The van der Waals surface area contributed by atoms with Crippen molar-refractivity contribution in [2.24, 2.45) is 0 Å². The van der Waals surface area contributed by atoms with Crippen LogP contribution in [0.25, 0.3) is 0 Å². The van der Waals surface area contributed by atoms with Crippen LogP contribution >= 0.6 is 0 Å². The van der Waals surface area contributed by atoms with Gasteiger partial charge in [-0.2, -0.15) is 0 Å². The monoisotopic (exact) mass is 420 g/mol. The third kappa shape index (κ3) is 4.44. The minimum atomic E-state index is -0.0364. The van der Waals surface area contributed by atoms with Crippen molar-refractivity contribution in [2.75, 3.05) is 34.4 Å². The molecule has 162 valence electrons. The molecule has 1 unspecified atom stereocenters. The van der Waals surface area contributed by atoms with Crippen LogP contribution in [0.1, 0.15) is 28.5 Å². The number of methoxy groups -OCH3 is 2.